The molecule has 2 rings (SSSR count). The third-order valence-corrected chi connectivity index (χ3v) is 4.43. The van der Waals surface area contributed by atoms with Crippen molar-refractivity contribution in [2.24, 2.45) is 17.6 Å². The minimum absolute atomic E-state index is 0.0750. The Morgan fingerprint density at radius 3 is 2.50 bits per heavy atom. The maximum Gasteiger partial charge on any atom is 0.228 e. The van der Waals surface area contributed by atoms with E-state index in [2.05, 4.69) is 19.2 Å². The van der Waals surface area contributed by atoms with Crippen LogP contribution in [0.25, 0.3) is 0 Å². The summed E-state index contributed by atoms with van der Waals surface area (Å²) in [5, 5.41) is 3.18. The van der Waals surface area contributed by atoms with Crippen LogP contribution in [0, 0.1) is 11.8 Å². The summed E-state index contributed by atoms with van der Waals surface area (Å²) < 4.78 is 0. The highest BCUT2D eigenvalue weighted by molar-refractivity contribution is 5.84. The van der Waals surface area contributed by atoms with Gasteiger partial charge in [-0.15, -0.1) is 0 Å². The number of amides is 1. The summed E-state index contributed by atoms with van der Waals surface area (Å²) in [6.45, 7) is 4.82. The van der Waals surface area contributed by atoms with E-state index in [0.717, 1.165) is 12.0 Å². The number of carbonyl (C=O) groups is 1. The molecule has 0 spiro atoms. The molecule has 1 aromatic carbocycles. The van der Waals surface area contributed by atoms with Gasteiger partial charge in [0.05, 0.1) is 5.92 Å². The van der Waals surface area contributed by atoms with E-state index in [4.69, 9.17) is 5.73 Å². The molecular formula is C17H26N2O. The fourth-order valence-electron chi connectivity index (χ4n) is 2.77. The van der Waals surface area contributed by atoms with Gasteiger partial charge in [-0.3, -0.25) is 4.79 Å². The highest BCUT2D eigenvalue weighted by Crippen LogP contribution is 2.33. The minimum atomic E-state index is -0.0750. The average molecular weight is 274 g/mol. The third-order valence-electron chi connectivity index (χ3n) is 4.43. The van der Waals surface area contributed by atoms with Crippen molar-refractivity contribution in [3.8, 4) is 0 Å². The first-order valence-electron chi connectivity index (χ1n) is 7.72. The molecule has 110 valence electrons. The van der Waals surface area contributed by atoms with Crippen LogP contribution in [0.1, 0.15) is 44.6 Å². The zero-order valence-electron chi connectivity index (χ0n) is 12.5. The van der Waals surface area contributed by atoms with E-state index in [1.165, 1.54) is 12.8 Å². The Labute approximate surface area is 121 Å². The average Bonchev–Trinajstić information content (AvgIpc) is 3.30. The lowest BCUT2D eigenvalue weighted by atomic mass is 9.84. The highest BCUT2D eigenvalue weighted by Gasteiger charge is 2.34. The summed E-state index contributed by atoms with van der Waals surface area (Å²) in [6, 6.07) is 10.2. The van der Waals surface area contributed by atoms with Gasteiger partial charge in [0, 0.05) is 12.6 Å². The van der Waals surface area contributed by atoms with Crippen LogP contribution in [0.15, 0.2) is 30.3 Å². The molecule has 1 fully saturated rings. The second kappa shape index (κ2) is 6.89. The third kappa shape index (κ3) is 3.60. The van der Waals surface area contributed by atoms with Gasteiger partial charge in [0.1, 0.15) is 0 Å². The fraction of sp³-hybridized carbons (Fsp3) is 0.588. The molecule has 1 amide bonds. The lowest BCUT2D eigenvalue weighted by molar-refractivity contribution is -0.124. The molecule has 20 heavy (non-hydrogen) atoms. The van der Waals surface area contributed by atoms with E-state index < -0.39 is 0 Å². The fourth-order valence-corrected chi connectivity index (χ4v) is 2.77. The molecule has 3 unspecified atom stereocenters. The van der Waals surface area contributed by atoms with Crippen molar-refractivity contribution in [1.82, 2.24) is 5.32 Å². The van der Waals surface area contributed by atoms with Crippen molar-refractivity contribution < 1.29 is 4.79 Å². The number of hydrogen-bond acceptors (Lipinski definition) is 2. The number of hydrogen-bond donors (Lipinski definition) is 2. The topological polar surface area (TPSA) is 55.1 Å². The van der Waals surface area contributed by atoms with Crippen LogP contribution >= 0.6 is 0 Å². The molecule has 0 aliphatic heterocycles. The second-order valence-electron chi connectivity index (χ2n) is 5.96. The molecule has 3 nitrogen and oxygen atoms in total. The Bertz CT molecular complexity index is 428. The first-order valence-corrected chi connectivity index (χ1v) is 7.72. The standard InChI is InChI=1S/C17H26N2O/c1-3-12(2)16(14-7-5-4-6-8-14)17(20)19-15(11-18)13-9-10-13/h4-8,12-13,15-16H,3,9-11,18H2,1-2H3,(H,19,20). The quantitative estimate of drug-likeness (QED) is 0.803. The molecule has 1 saturated carbocycles. The summed E-state index contributed by atoms with van der Waals surface area (Å²) in [6.07, 6.45) is 3.38. The van der Waals surface area contributed by atoms with Gasteiger partial charge in [-0.05, 0) is 30.2 Å². The molecule has 0 saturated heterocycles. The summed E-state index contributed by atoms with van der Waals surface area (Å²) in [4.78, 5) is 12.7. The van der Waals surface area contributed by atoms with E-state index in [0.29, 0.717) is 18.4 Å². The summed E-state index contributed by atoms with van der Waals surface area (Å²) in [7, 11) is 0. The highest BCUT2D eigenvalue weighted by atomic mass is 16.2. The zero-order chi connectivity index (χ0) is 14.5. The number of nitrogens with one attached hydrogen (secondary N) is 1. The van der Waals surface area contributed by atoms with Crippen molar-refractivity contribution in [2.45, 2.75) is 45.1 Å². The van der Waals surface area contributed by atoms with E-state index in [1.54, 1.807) is 0 Å². The largest absolute Gasteiger partial charge is 0.351 e. The van der Waals surface area contributed by atoms with Gasteiger partial charge in [0.15, 0.2) is 0 Å². The van der Waals surface area contributed by atoms with Crippen LogP contribution in [-0.4, -0.2) is 18.5 Å². The van der Waals surface area contributed by atoms with Gasteiger partial charge in [-0.2, -0.15) is 0 Å². The Hall–Kier alpha value is -1.35. The molecule has 1 aromatic rings. The predicted molar refractivity (Wildman–Crippen MR) is 82.3 cm³/mol. The Balaban J connectivity index is 2.11. The second-order valence-corrected chi connectivity index (χ2v) is 5.96. The smallest absolute Gasteiger partial charge is 0.228 e. The molecule has 1 aliphatic rings. The molecule has 0 radical (unpaired) electrons. The maximum absolute atomic E-state index is 12.7. The summed E-state index contributed by atoms with van der Waals surface area (Å²) in [5.41, 5.74) is 6.90. The normalized spacial score (nSPS) is 19.1. The van der Waals surface area contributed by atoms with Crippen molar-refractivity contribution >= 4 is 5.91 Å². The first kappa shape index (κ1) is 15.0. The summed E-state index contributed by atoms with van der Waals surface area (Å²) in [5.74, 6) is 0.981. The van der Waals surface area contributed by atoms with Gasteiger partial charge in [-0.1, -0.05) is 50.6 Å². The van der Waals surface area contributed by atoms with Crippen molar-refractivity contribution in [3.63, 3.8) is 0 Å². The predicted octanol–water partition coefficient (Wildman–Crippen LogP) is 2.67. The molecular weight excluding hydrogens is 248 g/mol. The van der Waals surface area contributed by atoms with Crippen LogP contribution in [0.2, 0.25) is 0 Å². The maximum atomic E-state index is 12.7. The van der Waals surface area contributed by atoms with Crippen LogP contribution < -0.4 is 11.1 Å². The van der Waals surface area contributed by atoms with Gasteiger partial charge in [0.25, 0.3) is 0 Å². The van der Waals surface area contributed by atoms with Crippen molar-refractivity contribution in [2.75, 3.05) is 6.54 Å². The van der Waals surface area contributed by atoms with E-state index in [-0.39, 0.29) is 17.9 Å². The molecule has 1 aliphatic carbocycles. The molecule has 3 heteroatoms. The van der Waals surface area contributed by atoms with Gasteiger partial charge in [-0.25, -0.2) is 0 Å². The Morgan fingerprint density at radius 1 is 1.35 bits per heavy atom. The van der Waals surface area contributed by atoms with Crippen molar-refractivity contribution in [3.05, 3.63) is 35.9 Å². The number of nitrogens with two attached hydrogens (primary N) is 1. The van der Waals surface area contributed by atoms with E-state index in [9.17, 15) is 4.79 Å². The minimum Gasteiger partial charge on any atom is -0.351 e. The Morgan fingerprint density at radius 2 is 2.00 bits per heavy atom. The summed E-state index contributed by atoms with van der Waals surface area (Å²) >= 11 is 0. The van der Waals surface area contributed by atoms with Crippen molar-refractivity contribution in [1.29, 1.82) is 0 Å². The lowest BCUT2D eigenvalue weighted by Crippen LogP contribution is -2.44. The first-order chi connectivity index (χ1) is 9.67. The number of carbonyl (C=O) groups excluding carboxylic acids is 1. The van der Waals surface area contributed by atoms with Crippen LogP contribution in [-0.2, 0) is 4.79 Å². The number of rotatable bonds is 7. The lowest BCUT2D eigenvalue weighted by Gasteiger charge is -2.26. The van der Waals surface area contributed by atoms with Gasteiger partial charge >= 0.3 is 0 Å². The molecule has 0 heterocycles. The van der Waals surface area contributed by atoms with E-state index in [1.807, 2.05) is 30.3 Å². The molecule has 3 N–H and O–H groups in total. The van der Waals surface area contributed by atoms with Crippen LogP contribution in [0.5, 0.6) is 0 Å². The van der Waals surface area contributed by atoms with Gasteiger partial charge < -0.3 is 11.1 Å². The Kier molecular flexibility index (Phi) is 5.18. The number of benzene rings is 1. The molecule has 0 aromatic heterocycles. The zero-order valence-corrected chi connectivity index (χ0v) is 12.5. The SMILES string of the molecule is CCC(C)C(C(=O)NC(CN)C1CC1)c1ccccc1. The van der Waals surface area contributed by atoms with E-state index >= 15 is 0 Å². The molecule has 0 bridgehead atoms. The van der Waals surface area contributed by atoms with Crippen LogP contribution in [0.4, 0.5) is 0 Å². The monoisotopic (exact) mass is 274 g/mol. The molecule has 3 atom stereocenters. The van der Waals surface area contributed by atoms with Crippen LogP contribution in [0.3, 0.4) is 0 Å². The van der Waals surface area contributed by atoms with Gasteiger partial charge in [0.2, 0.25) is 5.91 Å².